The molecule has 0 amide bonds. The number of aryl methyl sites for hydroxylation is 1. The van der Waals surface area contributed by atoms with Crippen molar-refractivity contribution < 1.29 is 8.42 Å². The van der Waals surface area contributed by atoms with Crippen LogP contribution >= 0.6 is 0 Å². The van der Waals surface area contributed by atoms with Gasteiger partial charge in [-0.3, -0.25) is 4.68 Å². The third-order valence-corrected chi connectivity index (χ3v) is 4.04. The van der Waals surface area contributed by atoms with Crippen LogP contribution < -0.4 is 10.0 Å². The van der Waals surface area contributed by atoms with Crippen molar-refractivity contribution in [3.05, 3.63) is 18.0 Å². The zero-order valence-corrected chi connectivity index (χ0v) is 12.7. The lowest BCUT2D eigenvalue weighted by molar-refractivity contribution is 0.554. The van der Waals surface area contributed by atoms with E-state index in [1.54, 1.807) is 24.0 Å². The quantitative estimate of drug-likeness (QED) is 0.653. The Bertz CT molecular complexity index is 468. The summed E-state index contributed by atoms with van der Waals surface area (Å²) in [5.74, 6) is 0.166. The van der Waals surface area contributed by atoms with E-state index in [1.807, 2.05) is 0 Å². The van der Waals surface area contributed by atoms with E-state index in [9.17, 15) is 8.42 Å². The molecular weight excluding hydrogens is 264 g/mol. The summed E-state index contributed by atoms with van der Waals surface area (Å²) in [6, 6.07) is 2.24. The monoisotopic (exact) mass is 288 g/mol. The Morgan fingerprint density at radius 2 is 2.11 bits per heavy atom. The van der Waals surface area contributed by atoms with Gasteiger partial charge in [-0.1, -0.05) is 13.8 Å². The molecule has 0 unspecified atom stereocenters. The van der Waals surface area contributed by atoms with Crippen LogP contribution in [0.15, 0.2) is 12.3 Å². The van der Waals surface area contributed by atoms with E-state index in [-0.39, 0.29) is 12.3 Å². The number of hydrogen-bond acceptors (Lipinski definition) is 4. The van der Waals surface area contributed by atoms with Crippen LogP contribution in [0.1, 0.15) is 32.4 Å². The fourth-order valence-corrected chi connectivity index (χ4v) is 2.72. The summed E-state index contributed by atoms with van der Waals surface area (Å²) in [6.45, 7) is 5.26. The van der Waals surface area contributed by atoms with Gasteiger partial charge < -0.3 is 5.32 Å². The molecule has 0 aliphatic carbocycles. The van der Waals surface area contributed by atoms with Crippen LogP contribution in [0, 0.1) is 0 Å². The van der Waals surface area contributed by atoms with Gasteiger partial charge in [0.2, 0.25) is 10.0 Å². The SMILES string of the molecule is CC(C)NCCCCS(=O)(=O)NCc1ccn(C)n1. The summed E-state index contributed by atoms with van der Waals surface area (Å²) >= 11 is 0. The maximum absolute atomic E-state index is 11.7. The first-order valence-electron chi connectivity index (χ1n) is 6.58. The van der Waals surface area contributed by atoms with E-state index in [0.29, 0.717) is 12.5 Å². The molecule has 0 fully saturated rings. The predicted molar refractivity (Wildman–Crippen MR) is 76.2 cm³/mol. The molecule has 2 N–H and O–H groups in total. The van der Waals surface area contributed by atoms with Gasteiger partial charge in [0.15, 0.2) is 0 Å². The number of aromatic nitrogens is 2. The van der Waals surface area contributed by atoms with E-state index >= 15 is 0 Å². The summed E-state index contributed by atoms with van der Waals surface area (Å²) in [5, 5.41) is 7.39. The third-order valence-electron chi connectivity index (χ3n) is 2.63. The van der Waals surface area contributed by atoms with Crippen molar-refractivity contribution in [2.75, 3.05) is 12.3 Å². The molecule has 1 aromatic rings. The van der Waals surface area contributed by atoms with Crippen LogP contribution in [-0.2, 0) is 23.6 Å². The Labute approximate surface area is 115 Å². The molecule has 0 spiro atoms. The molecule has 19 heavy (non-hydrogen) atoms. The van der Waals surface area contributed by atoms with Crippen molar-refractivity contribution in [2.24, 2.45) is 7.05 Å². The largest absolute Gasteiger partial charge is 0.315 e. The average Bonchev–Trinajstić information content (AvgIpc) is 2.72. The lowest BCUT2D eigenvalue weighted by Gasteiger charge is -2.08. The standard InChI is InChI=1S/C12H24N4O2S/c1-11(2)13-7-4-5-9-19(17,18)14-10-12-6-8-16(3)15-12/h6,8,11,13-14H,4-5,7,9-10H2,1-3H3. The molecular formula is C12H24N4O2S. The van der Waals surface area contributed by atoms with Crippen molar-refractivity contribution in [3.8, 4) is 0 Å². The first-order chi connectivity index (χ1) is 8.89. The second-order valence-electron chi connectivity index (χ2n) is 4.94. The summed E-state index contributed by atoms with van der Waals surface area (Å²) < 4.78 is 27.7. The molecule has 7 heteroatoms. The number of nitrogens with zero attached hydrogens (tertiary/aromatic N) is 2. The van der Waals surface area contributed by atoms with Crippen molar-refractivity contribution in [3.63, 3.8) is 0 Å². The van der Waals surface area contributed by atoms with E-state index < -0.39 is 10.0 Å². The van der Waals surface area contributed by atoms with Crippen LogP contribution in [0.5, 0.6) is 0 Å². The molecule has 0 bridgehead atoms. The number of hydrogen-bond donors (Lipinski definition) is 2. The van der Waals surface area contributed by atoms with E-state index in [0.717, 1.165) is 18.7 Å². The lowest BCUT2D eigenvalue weighted by atomic mass is 10.3. The van der Waals surface area contributed by atoms with E-state index in [2.05, 4.69) is 29.0 Å². The molecule has 0 atom stereocenters. The van der Waals surface area contributed by atoms with Gasteiger partial charge in [-0.2, -0.15) is 5.10 Å². The second kappa shape index (κ2) is 7.62. The molecule has 110 valence electrons. The minimum absolute atomic E-state index is 0.166. The Hall–Kier alpha value is -0.920. The first-order valence-corrected chi connectivity index (χ1v) is 8.23. The molecule has 0 saturated carbocycles. The Balaban J connectivity index is 2.21. The zero-order valence-electron chi connectivity index (χ0n) is 11.9. The van der Waals surface area contributed by atoms with Gasteiger partial charge in [0.05, 0.1) is 18.0 Å². The van der Waals surface area contributed by atoms with Crippen LogP contribution in [-0.4, -0.2) is 36.5 Å². The van der Waals surface area contributed by atoms with Crippen LogP contribution in [0.25, 0.3) is 0 Å². The highest BCUT2D eigenvalue weighted by Gasteiger charge is 2.10. The summed E-state index contributed by atoms with van der Waals surface area (Å²) in [7, 11) is -1.39. The van der Waals surface area contributed by atoms with Gasteiger partial charge in [-0.15, -0.1) is 0 Å². The van der Waals surface area contributed by atoms with Crippen molar-refractivity contribution in [1.82, 2.24) is 19.8 Å². The molecule has 0 aliphatic rings. The highest BCUT2D eigenvalue weighted by Crippen LogP contribution is 1.98. The number of rotatable bonds is 9. The first kappa shape index (κ1) is 16.1. The number of sulfonamides is 1. The topological polar surface area (TPSA) is 76.0 Å². The third kappa shape index (κ3) is 7.29. The molecule has 6 nitrogen and oxygen atoms in total. The summed E-state index contributed by atoms with van der Waals surface area (Å²) in [6.07, 6.45) is 3.32. The summed E-state index contributed by atoms with van der Waals surface area (Å²) in [5.41, 5.74) is 0.729. The van der Waals surface area contributed by atoms with Crippen LogP contribution in [0.3, 0.4) is 0 Å². The molecule has 0 radical (unpaired) electrons. The number of unbranched alkanes of at least 4 members (excludes halogenated alkanes) is 1. The van der Waals surface area contributed by atoms with Gasteiger partial charge in [0, 0.05) is 19.3 Å². The summed E-state index contributed by atoms with van der Waals surface area (Å²) in [4.78, 5) is 0. The Morgan fingerprint density at radius 1 is 1.37 bits per heavy atom. The predicted octanol–water partition coefficient (Wildman–Crippen LogP) is 0.618. The molecule has 1 aromatic heterocycles. The Morgan fingerprint density at radius 3 is 2.68 bits per heavy atom. The van der Waals surface area contributed by atoms with Crippen molar-refractivity contribution in [2.45, 2.75) is 39.3 Å². The zero-order chi connectivity index (χ0) is 14.3. The average molecular weight is 288 g/mol. The highest BCUT2D eigenvalue weighted by molar-refractivity contribution is 7.89. The lowest BCUT2D eigenvalue weighted by Crippen LogP contribution is -2.27. The van der Waals surface area contributed by atoms with Gasteiger partial charge >= 0.3 is 0 Å². The van der Waals surface area contributed by atoms with Crippen LogP contribution in [0.4, 0.5) is 0 Å². The molecule has 0 saturated heterocycles. The van der Waals surface area contributed by atoms with Gasteiger partial charge in [-0.05, 0) is 25.5 Å². The fourth-order valence-electron chi connectivity index (χ4n) is 1.62. The van der Waals surface area contributed by atoms with E-state index in [4.69, 9.17) is 0 Å². The minimum Gasteiger partial charge on any atom is -0.315 e. The van der Waals surface area contributed by atoms with Gasteiger partial charge in [-0.25, -0.2) is 13.1 Å². The molecule has 1 rings (SSSR count). The normalized spacial score (nSPS) is 12.2. The molecule has 0 aromatic carbocycles. The second-order valence-corrected chi connectivity index (χ2v) is 6.86. The van der Waals surface area contributed by atoms with E-state index in [1.165, 1.54) is 0 Å². The molecule has 0 aliphatic heterocycles. The minimum atomic E-state index is -3.20. The van der Waals surface area contributed by atoms with Crippen LogP contribution in [0.2, 0.25) is 0 Å². The molecule has 1 heterocycles. The smallest absolute Gasteiger partial charge is 0.211 e. The maximum Gasteiger partial charge on any atom is 0.211 e. The Kier molecular flexibility index (Phi) is 6.47. The highest BCUT2D eigenvalue weighted by atomic mass is 32.2. The number of nitrogens with one attached hydrogen (secondary N) is 2. The van der Waals surface area contributed by atoms with Gasteiger partial charge in [0.1, 0.15) is 0 Å². The fraction of sp³-hybridized carbons (Fsp3) is 0.750. The van der Waals surface area contributed by atoms with Crippen molar-refractivity contribution >= 4 is 10.0 Å². The van der Waals surface area contributed by atoms with Crippen molar-refractivity contribution in [1.29, 1.82) is 0 Å². The maximum atomic E-state index is 11.7. The van der Waals surface area contributed by atoms with Gasteiger partial charge in [0.25, 0.3) is 0 Å².